The second kappa shape index (κ2) is 8.38. The number of rotatable bonds is 8. The fourth-order valence-electron chi connectivity index (χ4n) is 2.13. The molecular weight excluding hydrogens is 372 g/mol. The van der Waals surface area contributed by atoms with Crippen molar-refractivity contribution in [3.8, 4) is 11.5 Å². The van der Waals surface area contributed by atoms with Crippen LogP contribution < -0.4 is 16.4 Å². The average Bonchev–Trinajstić information content (AvgIpc) is 3.32. The van der Waals surface area contributed by atoms with Crippen LogP contribution >= 0.6 is 11.3 Å². The minimum atomic E-state index is -0.724. The number of carbonyl (C=O) groups excluding carboxylic acids is 2. The van der Waals surface area contributed by atoms with Crippen molar-refractivity contribution in [3.05, 3.63) is 41.5 Å². The van der Waals surface area contributed by atoms with E-state index in [1.807, 2.05) is 0 Å². The number of anilines is 2. The zero-order valence-corrected chi connectivity index (χ0v) is 15.1. The van der Waals surface area contributed by atoms with E-state index in [4.69, 9.17) is 14.9 Å². The van der Waals surface area contributed by atoms with Gasteiger partial charge in [0.1, 0.15) is 17.1 Å². The molecule has 3 heterocycles. The Morgan fingerprint density at radius 1 is 1.37 bits per heavy atom. The molecule has 0 unspecified atom stereocenters. The topological polar surface area (TPSA) is 145 Å². The summed E-state index contributed by atoms with van der Waals surface area (Å²) in [7, 11) is 1.61. The molecule has 11 heteroatoms. The zero-order chi connectivity index (χ0) is 19.2. The Hall–Kier alpha value is -3.31. The third-order valence-corrected chi connectivity index (χ3v) is 4.13. The van der Waals surface area contributed by atoms with Gasteiger partial charge in [-0.05, 0) is 12.1 Å². The van der Waals surface area contributed by atoms with E-state index >= 15 is 0 Å². The van der Waals surface area contributed by atoms with Crippen molar-refractivity contribution in [1.82, 2.24) is 15.0 Å². The van der Waals surface area contributed by atoms with E-state index in [0.717, 1.165) is 11.3 Å². The summed E-state index contributed by atoms with van der Waals surface area (Å²) in [4.78, 5) is 35.8. The van der Waals surface area contributed by atoms with Crippen molar-refractivity contribution in [1.29, 1.82) is 0 Å². The number of thiazole rings is 1. The van der Waals surface area contributed by atoms with Crippen molar-refractivity contribution < 1.29 is 18.7 Å². The Labute approximate surface area is 157 Å². The lowest BCUT2D eigenvalue weighted by Gasteiger charge is -2.05. The van der Waals surface area contributed by atoms with E-state index in [1.54, 1.807) is 25.4 Å². The molecular formula is C16H16N6O4S. The fraction of sp³-hybridized carbons (Fsp3) is 0.188. The van der Waals surface area contributed by atoms with Crippen LogP contribution in [0.15, 0.2) is 34.5 Å². The van der Waals surface area contributed by atoms with Gasteiger partial charge in [-0.2, -0.15) is 0 Å². The monoisotopic (exact) mass is 388 g/mol. The molecule has 2 amide bonds. The van der Waals surface area contributed by atoms with Crippen molar-refractivity contribution in [2.45, 2.75) is 0 Å². The van der Waals surface area contributed by atoms with Crippen LogP contribution in [0.25, 0.3) is 11.5 Å². The van der Waals surface area contributed by atoms with Crippen molar-refractivity contribution >= 4 is 34.0 Å². The maximum atomic E-state index is 12.3. The van der Waals surface area contributed by atoms with Crippen molar-refractivity contribution in [2.24, 2.45) is 5.73 Å². The van der Waals surface area contributed by atoms with Crippen LogP contribution in [0.4, 0.5) is 10.8 Å². The highest BCUT2D eigenvalue weighted by molar-refractivity contribution is 7.14. The number of primary amides is 1. The lowest BCUT2D eigenvalue weighted by Crippen LogP contribution is -2.17. The van der Waals surface area contributed by atoms with E-state index in [9.17, 15) is 9.59 Å². The lowest BCUT2D eigenvalue weighted by atomic mass is 10.2. The van der Waals surface area contributed by atoms with Gasteiger partial charge in [0.2, 0.25) is 5.89 Å². The number of pyridine rings is 1. The van der Waals surface area contributed by atoms with Gasteiger partial charge in [0.05, 0.1) is 12.1 Å². The fourth-order valence-corrected chi connectivity index (χ4v) is 2.81. The Balaban J connectivity index is 1.72. The summed E-state index contributed by atoms with van der Waals surface area (Å²) >= 11 is 1.09. The minimum Gasteiger partial charge on any atom is -0.444 e. The van der Waals surface area contributed by atoms with Crippen molar-refractivity contribution in [3.63, 3.8) is 0 Å². The first-order valence-corrected chi connectivity index (χ1v) is 8.66. The molecule has 0 aliphatic heterocycles. The number of nitrogens with one attached hydrogen (secondary N) is 2. The van der Waals surface area contributed by atoms with Gasteiger partial charge in [0.25, 0.3) is 11.8 Å². The van der Waals surface area contributed by atoms with E-state index in [2.05, 4.69) is 25.6 Å². The number of oxazole rings is 1. The minimum absolute atomic E-state index is 0.00187. The molecule has 140 valence electrons. The normalized spacial score (nSPS) is 10.6. The highest BCUT2D eigenvalue weighted by Gasteiger charge is 2.18. The molecule has 3 aromatic heterocycles. The smallest absolute Gasteiger partial charge is 0.278 e. The number of nitrogens with two attached hydrogens (primary N) is 1. The largest absolute Gasteiger partial charge is 0.444 e. The number of hydrogen-bond acceptors (Lipinski definition) is 9. The maximum Gasteiger partial charge on any atom is 0.278 e. The summed E-state index contributed by atoms with van der Waals surface area (Å²) in [6, 6.07) is 3.46. The summed E-state index contributed by atoms with van der Waals surface area (Å²) in [5.74, 6) is -0.372. The standard InChI is InChI=1S/C16H16N6O4S/c1-25-5-4-19-11-6-9(2-3-18-11)15-21-10(7-26-15)14(24)22-16-12(13(17)23)20-8-27-16/h2-3,6-8H,4-5H2,1H3,(H2,17,23)(H,18,19)(H,22,24). The molecule has 10 nitrogen and oxygen atoms in total. The average molecular weight is 388 g/mol. The summed E-state index contributed by atoms with van der Waals surface area (Å²) in [5.41, 5.74) is 7.33. The van der Waals surface area contributed by atoms with Gasteiger partial charge in [-0.15, -0.1) is 11.3 Å². The number of nitrogens with zero attached hydrogens (tertiary/aromatic N) is 3. The van der Waals surface area contributed by atoms with E-state index in [0.29, 0.717) is 24.5 Å². The van der Waals surface area contributed by atoms with Gasteiger partial charge < -0.3 is 25.5 Å². The van der Waals surface area contributed by atoms with Crippen LogP contribution in [-0.4, -0.2) is 47.0 Å². The zero-order valence-electron chi connectivity index (χ0n) is 14.3. The quantitative estimate of drug-likeness (QED) is 0.493. The number of hydrogen-bond donors (Lipinski definition) is 3. The highest BCUT2D eigenvalue weighted by Crippen LogP contribution is 2.23. The highest BCUT2D eigenvalue weighted by atomic mass is 32.1. The number of aromatic nitrogens is 3. The predicted octanol–water partition coefficient (Wildman–Crippen LogP) is 1.60. The van der Waals surface area contributed by atoms with Crippen LogP contribution in [0.1, 0.15) is 21.0 Å². The van der Waals surface area contributed by atoms with Gasteiger partial charge in [0.15, 0.2) is 11.4 Å². The van der Waals surface area contributed by atoms with Crippen LogP contribution in [0, 0.1) is 0 Å². The Kier molecular flexibility index (Phi) is 5.74. The van der Waals surface area contributed by atoms with Crippen LogP contribution in [0.2, 0.25) is 0 Å². The first-order valence-electron chi connectivity index (χ1n) is 7.78. The molecule has 0 radical (unpaired) electrons. The third kappa shape index (κ3) is 4.46. The molecule has 0 fully saturated rings. The van der Waals surface area contributed by atoms with Crippen molar-refractivity contribution in [2.75, 3.05) is 30.9 Å². The SMILES string of the molecule is COCCNc1cc(-c2nc(C(=O)Nc3scnc3C(N)=O)co2)ccn1. The van der Waals surface area contributed by atoms with Crippen LogP contribution in [-0.2, 0) is 4.74 Å². The summed E-state index contributed by atoms with van der Waals surface area (Å²) in [5, 5.41) is 5.91. The second-order valence-electron chi connectivity index (χ2n) is 5.24. The molecule has 4 N–H and O–H groups in total. The maximum absolute atomic E-state index is 12.3. The Bertz CT molecular complexity index is 954. The first-order chi connectivity index (χ1) is 13.1. The summed E-state index contributed by atoms with van der Waals surface area (Å²) < 4.78 is 10.4. The van der Waals surface area contributed by atoms with Gasteiger partial charge in [-0.1, -0.05) is 0 Å². The first kappa shape index (κ1) is 18.5. The number of ether oxygens (including phenoxy) is 1. The van der Waals surface area contributed by atoms with E-state index < -0.39 is 11.8 Å². The molecule has 27 heavy (non-hydrogen) atoms. The molecule has 3 aromatic rings. The molecule has 0 bridgehead atoms. The van der Waals surface area contributed by atoms with Gasteiger partial charge >= 0.3 is 0 Å². The summed E-state index contributed by atoms with van der Waals surface area (Å²) in [6.45, 7) is 1.14. The van der Waals surface area contributed by atoms with Gasteiger partial charge in [-0.3, -0.25) is 9.59 Å². The van der Waals surface area contributed by atoms with Crippen LogP contribution in [0.3, 0.4) is 0 Å². The Morgan fingerprint density at radius 2 is 2.22 bits per heavy atom. The van der Waals surface area contributed by atoms with E-state index in [1.165, 1.54) is 11.8 Å². The molecule has 0 aliphatic carbocycles. The second-order valence-corrected chi connectivity index (χ2v) is 6.09. The van der Waals surface area contributed by atoms with Gasteiger partial charge in [-0.25, -0.2) is 15.0 Å². The molecule has 0 spiro atoms. The predicted molar refractivity (Wildman–Crippen MR) is 98.7 cm³/mol. The number of methoxy groups -OCH3 is 1. The number of amides is 2. The summed E-state index contributed by atoms with van der Waals surface area (Å²) in [6.07, 6.45) is 2.83. The van der Waals surface area contributed by atoms with Crippen LogP contribution in [0.5, 0.6) is 0 Å². The van der Waals surface area contributed by atoms with E-state index in [-0.39, 0.29) is 22.3 Å². The Morgan fingerprint density at radius 3 is 3.00 bits per heavy atom. The van der Waals surface area contributed by atoms with Gasteiger partial charge in [0, 0.05) is 25.4 Å². The molecule has 3 rings (SSSR count). The molecule has 0 atom stereocenters. The molecule has 0 aromatic carbocycles. The number of carbonyl (C=O) groups is 2. The third-order valence-electron chi connectivity index (χ3n) is 3.38. The lowest BCUT2D eigenvalue weighted by molar-refractivity contribution is 0.0997. The molecule has 0 saturated heterocycles. The molecule has 0 saturated carbocycles. The molecule has 0 aliphatic rings.